The van der Waals surface area contributed by atoms with Gasteiger partial charge in [-0.15, -0.1) is 11.3 Å². The molecule has 11 nitrogen and oxygen atoms in total. The van der Waals surface area contributed by atoms with E-state index < -0.39 is 59.2 Å². The number of halogens is 3. The molecule has 4 heterocycles. The molecular weight excluding hydrogens is 760 g/mol. The minimum atomic E-state index is -4.59. The number of amides is 2. The smallest absolute Gasteiger partial charge is 0.416 e. The highest BCUT2D eigenvalue weighted by atomic mass is 32.1. The molecule has 2 aromatic heterocycles. The third-order valence-electron chi connectivity index (χ3n) is 11.1. The van der Waals surface area contributed by atoms with Crippen molar-refractivity contribution in [2.24, 2.45) is 5.92 Å². The number of hydrogen-bond donors (Lipinski definition) is 3. The van der Waals surface area contributed by atoms with Crippen molar-refractivity contribution in [1.82, 2.24) is 20.2 Å². The van der Waals surface area contributed by atoms with E-state index in [1.165, 1.54) is 28.4 Å². The van der Waals surface area contributed by atoms with Crippen LogP contribution in [0, 0.1) is 12.8 Å². The zero-order valence-corrected chi connectivity index (χ0v) is 33.0. The fourth-order valence-corrected chi connectivity index (χ4v) is 8.73. The van der Waals surface area contributed by atoms with E-state index >= 15 is 0 Å². The van der Waals surface area contributed by atoms with E-state index in [1.54, 1.807) is 13.2 Å². The summed E-state index contributed by atoms with van der Waals surface area (Å²) in [5.41, 5.74) is 0.668. The number of rotatable bonds is 8. The van der Waals surface area contributed by atoms with Crippen molar-refractivity contribution >= 4 is 45.7 Å². The van der Waals surface area contributed by atoms with Crippen molar-refractivity contribution < 1.29 is 42.1 Å². The molecule has 0 radical (unpaired) electrons. The lowest BCUT2D eigenvalue weighted by Crippen LogP contribution is -2.55. The number of allylic oxidation sites excluding steroid dienone is 1. The Labute approximate surface area is 332 Å². The topological polar surface area (TPSA) is 143 Å². The van der Waals surface area contributed by atoms with Gasteiger partial charge >= 0.3 is 12.1 Å². The van der Waals surface area contributed by atoms with E-state index in [-0.39, 0.29) is 31.0 Å². The lowest BCUT2D eigenvalue weighted by Gasteiger charge is -2.30. The van der Waals surface area contributed by atoms with Crippen molar-refractivity contribution in [2.75, 3.05) is 19.0 Å². The number of thiazole rings is 1. The van der Waals surface area contributed by atoms with Crippen LogP contribution in [-0.2, 0) is 20.6 Å². The van der Waals surface area contributed by atoms with Gasteiger partial charge in [0.15, 0.2) is 0 Å². The summed E-state index contributed by atoms with van der Waals surface area (Å²) in [6, 6.07) is 8.04. The molecule has 3 N–H and O–H groups in total. The second-order valence-corrected chi connectivity index (χ2v) is 16.3. The zero-order chi connectivity index (χ0) is 40.6. The summed E-state index contributed by atoms with van der Waals surface area (Å²) < 4.78 is 53.4. The maximum atomic E-state index is 14.7. The number of nitrogens with zero attached hydrogens (tertiary/aromatic N) is 3. The molecule has 5 atom stereocenters. The molecule has 3 aliphatic rings. The SMILES string of the molecule is COc1ccc2c(O[C@@H]3C[C@H]4C(=O)N[C@]5(C(=O)O)C[C@@H]5/C=C\CCCCC[C@H](Nc5cccc(C(F)(F)F)c5)C(=O)N4C3)cc(-c3nc(C(C)C)cs3)nc2c1C. The summed E-state index contributed by atoms with van der Waals surface area (Å²) in [5, 5.41) is 19.5. The molecule has 0 bridgehead atoms. The standard InChI is InChI=1S/C42H46F3N5O6S/c1-23(2)32-22-57-38(48-32)31-19-35(29-15-16-34(55-4)24(3)36(29)47-31)56-28-18-33-37(51)49-41(40(53)54)20-26(41)11-8-6-5-7-9-14-30(39(52)50(33)21-28)46-27-13-10-12-25(17-27)42(43,44)45/h8,10-13,15-17,19,22-23,26,28,30,33,46H,5-7,9,14,18,20-21H2,1-4H3,(H,49,51)(H,53,54)/b11-8-/t26-,28+,30-,33-,41+/m0/s1. The third kappa shape index (κ3) is 8.30. The summed E-state index contributed by atoms with van der Waals surface area (Å²) in [7, 11) is 1.58. The molecule has 7 rings (SSSR count). The predicted molar refractivity (Wildman–Crippen MR) is 210 cm³/mol. The van der Waals surface area contributed by atoms with Gasteiger partial charge in [0.05, 0.1) is 30.4 Å². The van der Waals surface area contributed by atoms with Gasteiger partial charge in [-0.2, -0.15) is 13.2 Å². The number of nitrogens with one attached hydrogen (secondary N) is 2. The van der Waals surface area contributed by atoms with Crippen LogP contribution in [0.1, 0.15) is 81.5 Å². The molecule has 1 saturated heterocycles. The second-order valence-electron chi connectivity index (χ2n) is 15.4. The van der Waals surface area contributed by atoms with E-state index in [1.807, 2.05) is 36.6 Å². The highest BCUT2D eigenvalue weighted by Gasteiger charge is 2.61. The zero-order valence-electron chi connectivity index (χ0n) is 32.2. The Morgan fingerprint density at radius 3 is 2.63 bits per heavy atom. The van der Waals surface area contributed by atoms with Gasteiger partial charge in [-0.25, -0.2) is 14.8 Å². The normalized spacial score (nSPS) is 24.9. The molecule has 302 valence electrons. The number of alkyl halides is 3. The molecule has 1 aliphatic carbocycles. The van der Waals surface area contributed by atoms with Gasteiger partial charge in [0.1, 0.15) is 45.9 Å². The Hall–Kier alpha value is -5.18. The summed E-state index contributed by atoms with van der Waals surface area (Å²) >= 11 is 1.46. The summed E-state index contributed by atoms with van der Waals surface area (Å²) in [5.74, 6) is -1.40. The first-order chi connectivity index (χ1) is 27.2. The van der Waals surface area contributed by atoms with Gasteiger partial charge in [0.25, 0.3) is 0 Å². The number of benzene rings is 2. The second kappa shape index (κ2) is 16.0. The lowest BCUT2D eigenvalue weighted by molar-refractivity contribution is -0.145. The van der Waals surface area contributed by atoms with Crippen LogP contribution < -0.4 is 20.1 Å². The van der Waals surface area contributed by atoms with Crippen LogP contribution >= 0.6 is 11.3 Å². The maximum Gasteiger partial charge on any atom is 0.416 e. The molecule has 57 heavy (non-hydrogen) atoms. The minimum absolute atomic E-state index is 0.0348. The molecule has 2 amide bonds. The Morgan fingerprint density at radius 2 is 1.91 bits per heavy atom. The molecular formula is C42H46F3N5O6S. The van der Waals surface area contributed by atoms with Crippen LogP contribution in [0.2, 0.25) is 0 Å². The average molecular weight is 806 g/mol. The van der Waals surface area contributed by atoms with Gasteiger partial charge in [-0.05, 0) is 68.9 Å². The number of pyridine rings is 1. The Bertz CT molecular complexity index is 2210. The van der Waals surface area contributed by atoms with Gasteiger partial charge in [0.2, 0.25) is 11.8 Å². The average Bonchev–Trinajstić information content (AvgIpc) is 3.46. The first-order valence-electron chi connectivity index (χ1n) is 19.3. The van der Waals surface area contributed by atoms with Crippen molar-refractivity contribution in [3.8, 4) is 22.2 Å². The molecule has 2 aliphatic heterocycles. The van der Waals surface area contributed by atoms with Crippen LogP contribution in [0.3, 0.4) is 0 Å². The number of carboxylic acid groups (broad SMARTS) is 1. The number of aromatic nitrogens is 2. The Morgan fingerprint density at radius 1 is 1.11 bits per heavy atom. The first kappa shape index (κ1) is 40.0. The van der Waals surface area contributed by atoms with Crippen molar-refractivity contribution in [3.63, 3.8) is 0 Å². The first-order valence-corrected chi connectivity index (χ1v) is 20.1. The highest BCUT2D eigenvalue weighted by molar-refractivity contribution is 7.13. The Balaban J connectivity index is 1.25. The van der Waals surface area contributed by atoms with E-state index in [2.05, 4.69) is 24.5 Å². The number of aryl methyl sites for hydroxylation is 1. The third-order valence-corrected chi connectivity index (χ3v) is 12.0. The summed E-state index contributed by atoms with van der Waals surface area (Å²) in [6.45, 7) is 5.98. The van der Waals surface area contributed by atoms with Crippen molar-refractivity contribution in [3.05, 3.63) is 76.8 Å². The van der Waals surface area contributed by atoms with E-state index in [0.717, 1.165) is 36.2 Å². The van der Waals surface area contributed by atoms with Crippen molar-refractivity contribution in [2.45, 2.75) is 102 Å². The number of carbonyl (C=O) groups is 3. The molecule has 2 fully saturated rings. The van der Waals surface area contributed by atoms with Crippen LogP contribution in [0.4, 0.5) is 18.9 Å². The fourth-order valence-electron chi connectivity index (χ4n) is 7.79. The van der Waals surface area contributed by atoms with Crippen LogP contribution in [0.15, 0.2) is 60.0 Å². The fraction of sp³-hybridized carbons (Fsp3) is 0.452. The number of carbonyl (C=O) groups excluding carboxylic acids is 2. The summed E-state index contributed by atoms with van der Waals surface area (Å²) in [4.78, 5) is 52.7. The van der Waals surface area contributed by atoms with E-state index in [0.29, 0.717) is 52.4 Å². The predicted octanol–water partition coefficient (Wildman–Crippen LogP) is 8.13. The Kier molecular flexibility index (Phi) is 11.2. The minimum Gasteiger partial charge on any atom is -0.496 e. The van der Waals surface area contributed by atoms with E-state index in [4.69, 9.17) is 19.4 Å². The number of carboxylic acids is 1. The molecule has 0 unspecified atom stereocenters. The highest BCUT2D eigenvalue weighted by Crippen LogP contribution is 2.46. The number of hydrogen-bond acceptors (Lipinski definition) is 9. The molecule has 2 aromatic carbocycles. The molecule has 4 aromatic rings. The summed E-state index contributed by atoms with van der Waals surface area (Å²) in [6.07, 6.45) is 1.79. The quantitative estimate of drug-likeness (QED) is 0.151. The maximum absolute atomic E-state index is 14.7. The monoisotopic (exact) mass is 805 g/mol. The van der Waals surface area contributed by atoms with Gasteiger partial charge in [-0.3, -0.25) is 9.59 Å². The van der Waals surface area contributed by atoms with Crippen LogP contribution in [-0.4, -0.2) is 75.1 Å². The van der Waals surface area contributed by atoms with Crippen LogP contribution in [0.5, 0.6) is 11.5 Å². The van der Waals surface area contributed by atoms with Gasteiger partial charge in [-0.1, -0.05) is 44.9 Å². The largest absolute Gasteiger partial charge is 0.496 e. The van der Waals surface area contributed by atoms with E-state index in [9.17, 15) is 32.7 Å². The number of ether oxygens (including phenoxy) is 2. The number of methoxy groups -OCH3 is 1. The van der Waals surface area contributed by atoms with Gasteiger partial charge < -0.3 is 30.1 Å². The molecule has 1 saturated carbocycles. The van der Waals surface area contributed by atoms with Crippen molar-refractivity contribution in [1.29, 1.82) is 0 Å². The van der Waals surface area contributed by atoms with Crippen LogP contribution in [0.25, 0.3) is 21.6 Å². The number of aliphatic carboxylic acids is 1. The number of anilines is 1. The number of fused-ring (bicyclic) bond motifs is 3. The lowest BCUT2D eigenvalue weighted by atomic mass is 10.0. The van der Waals surface area contributed by atoms with Gasteiger partial charge in [0, 0.05) is 40.4 Å². The molecule has 0 spiro atoms. The molecule has 15 heteroatoms.